The molecule has 1 aliphatic heterocycles. The Morgan fingerprint density at radius 2 is 1.92 bits per heavy atom. The largest absolute Gasteiger partial charge is 0.695 e. The highest BCUT2D eigenvalue weighted by Crippen LogP contribution is 2.46. The van der Waals surface area contributed by atoms with E-state index >= 15 is 0 Å². The van der Waals surface area contributed by atoms with Crippen LogP contribution in [0.25, 0.3) is 5.65 Å². The van der Waals surface area contributed by atoms with Crippen LogP contribution >= 0.6 is 8.25 Å². The minimum absolute atomic E-state index is 0.105. The maximum absolute atomic E-state index is 12.8. The van der Waals surface area contributed by atoms with E-state index in [1.807, 2.05) is 13.0 Å². The number of hydrogen-bond acceptors (Lipinski definition) is 7. The van der Waals surface area contributed by atoms with Gasteiger partial charge in [0, 0.05) is 22.5 Å². The summed E-state index contributed by atoms with van der Waals surface area (Å²) in [6.45, 7) is 12.6. The molecule has 0 aliphatic carbocycles. The van der Waals surface area contributed by atoms with E-state index in [1.54, 1.807) is 47.3 Å². The van der Waals surface area contributed by atoms with Gasteiger partial charge >= 0.3 is 8.25 Å². The molecule has 1 fully saturated rings. The van der Waals surface area contributed by atoms with Crippen molar-refractivity contribution in [1.29, 1.82) is 0 Å². The van der Waals surface area contributed by atoms with Gasteiger partial charge in [0.1, 0.15) is 12.2 Å². The summed E-state index contributed by atoms with van der Waals surface area (Å²) >= 11 is 0. The van der Waals surface area contributed by atoms with Crippen molar-refractivity contribution in [3.05, 3.63) is 60.2 Å². The molecule has 198 valence electrons. The van der Waals surface area contributed by atoms with Crippen molar-refractivity contribution in [2.45, 2.75) is 76.7 Å². The van der Waals surface area contributed by atoms with Gasteiger partial charge in [-0.1, -0.05) is 45.9 Å². The van der Waals surface area contributed by atoms with Crippen LogP contribution in [0, 0.1) is 0 Å². The minimum Gasteiger partial charge on any atom is -0.408 e. The fourth-order valence-electron chi connectivity index (χ4n) is 4.18. The zero-order valence-corrected chi connectivity index (χ0v) is 23.8. The Morgan fingerprint density at radius 3 is 2.54 bits per heavy atom. The second-order valence-corrected chi connectivity index (χ2v) is 16.1. The molecule has 3 aromatic rings. The topological polar surface area (TPSA) is 124 Å². The van der Waals surface area contributed by atoms with E-state index in [2.05, 4.69) is 49.1 Å². The first-order chi connectivity index (χ1) is 17.4. The highest BCUT2D eigenvalue weighted by molar-refractivity contribution is 7.32. The van der Waals surface area contributed by atoms with E-state index < -0.39 is 41.0 Å². The summed E-state index contributed by atoms with van der Waals surface area (Å²) in [5, 5.41) is 2.73. The van der Waals surface area contributed by atoms with Crippen LogP contribution in [0.3, 0.4) is 0 Å². The second kappa shape index (κ2) is 10.7. The SMILES string of the molecule is CC[C@H]1O[C@@H](c2cnc3c(NC(=O)c4ccccc4)nccn23)C(O[Si](C)(C)C(C)(C)C)[C@H]1O[P+](=O)O. The van der Waals surface area contributed by atoms with Crippen LogP contribution < -0.4 is 5.32 Å². The Labute approximate surface area is 218 Å². The predicted octanol–water partition coefficient (Wildman–Crippen LogP) is 5.26. The zero-order chi connectivity index (χ0) is 27.0. The van der Waals surface area contributed by atoms with Gasteiger partial charge in [0.2, 0.25) is 0 Å². The third-order valence-electron chi connectivity index (χ3n) is 7.18. The van der Waals surface area contributed by atoms with Crippen molar-refractivity contribution in [1.82, 2.24) is 14.4 Å². The number of nitrogens with zero attached hydrogens (tertiary/aromatic N) is 3. The summed E-state index contributed by atoms with van der Waals surface area (Å²) in [4.78, 5) is 31.3. The second-order valence-electron chi connectivity index (χ2n) is 10.6. The predicted molar refractivity (Wildman–Crippen MR) is 142 cm³/mol. The van der Waals surface area contributed by atoms with Crippen molar-refractivity contribution < 1.29 is 27.9 Å². The van der Waals surface area contributed by atoms with Crippen molar-refractivity contribution in [2.75, 3.05) is 5.32 Å². The zero-order valence-electron chi connectivity index (χ0n) is 21.9. The number of carbonyl (C=O) groups excluding carboxylic acids is 1. The van der Waals surface area contributed by atoms with Gasteiger partial charge in [-0.3, -0.25) is 9.20 Å². The van der Waals surface area contributed by atoms with E-state index in [4.69, 9.17) is 13.7 Å². The molecule has 1 saturated heterocycles. The van der Waals surface area contributed by atoms with Gasteiger partial charge in [-0.15, -0.1) is 9.42 Å². The maximum Gasteiger partial charge on any atom is 0.695 e. The summed E-state index contributed by atoms with van der Waals surface area (Å²) in [7, 11) is -5.20. The molecule has 2 aromatic heterocycles. The Balaban J connectivity index is 1.72. The molecule has 4 rings (SSSR count). The number of imidazole rings is 1. The molecular formula is C25H34N4O6PSi+. The molecule has 10 nitrogen and oxygen atoms in total. The summed E-state index contributed by atoms with van der Waals surface area (Å²) in [5.74, 6) is 0.00834. The highest BCUT2D eigenvalue weighted by Gasteiger charge is 2.54. The third kappa shape index (κ3) is 5.67. The number of benzene rings is 1. The normalized spacial score (nSPS) is 22.8. The highest BCUT2D eigenvalue weighted by atomic mass is 31.1. The number of aromatic nitrogens is 3. The molecule has 0 bridgehead atoms. The van der Waals surface area contributed by atoms with Gasteiger partial charge < -0.3 is 14.5 Å². The molecule has 2 unspecified atom stereocenters. The lowest BCUT2D eigenvalue weighted by Gasteiger charge is -2.39. The lowest BCUT2D eigenvalue weighted by atomic mass is 10.0. The average molecular weight is 546 g/mol. The Morgan fingerprint density at radius 1 is 1.22 bits per heavy atom. The lowest BCUT2D eigenvalue weighted by molar-refractivity contribution is 0.00584. The van der Waals surface area contributed by atoms with Gasteiger partial charge in [0.15, 0.2) is 25.9 Å². The number of fused-ring (bicyclic) bond motifs is 1. The van der Waals surface area contributed by atoms with Gasteiger partial charge in [0.05, 0.1) is 18.0 Å². The molecule has 2 N–H and O–H groups in total. The molecule has 0 radical (unpaired) electrons. The van der Waals surface area contributed by atoms with Crippen LogP contribution in [0.4, 0.5) is 5.82 Å². The molecule has 12 heteroatoms. The monoisotopic (exact) mass is 545 g/mol. The Kier molecular flexibility index (Phi) is 7.94. The first kappa shape index (κ1) is 27.5. The fraction of sp³-hybridized carbons (Fsp3) is 0.480. The third-order valence-corrected chi connectivity index (χ3v) is 12.1. The smallest absolute Gasteiger partial charge is 0.408 e. The summed E-state index contributed by atoms with van der Waals surface area (Å²) in [5.41, 5.74) is 1.63. The molecular weight excluding hydrogens is 511 g/mol. The van der Waals surface area contributed by atoms with Crippen LogP contribution in [-0.4, -0.2) is 51.8 Å². The van der Waals surface area contributed by atoms with Crippen LogP contribution in [0.5, 0.6) is 0 Å². The summed E-state index contributed by atoms with van der Waals surface area (Å²) < 4.78 is 32.2. The number of anilines is 1. The van der Waals surface area contributed by atoms with Crippen LogP contribution in [0.2, 0.25) is 18.1 Å². The van der Waals surface area contributed by atoms with Gasteiger partial charge in [-0.25, -0.2) is 9.97 Å². The van der Waals surface area contributed by atoms with Crippen molar-refractivity contribution >= 4 is 33.9 Å². The molecule has 3 heterocycles. The fourth-order valence-corrected chi connectivity index (χ4v) is 5.93. The maximum atomic E-state index is 12.8. The van der Waals surface area contributed by atoms with Crippen molar-refractivity contribution in [3.63, 3.8) is 0 Å². The molecule has 0 saturated carbocycles. The number of amides is 1. The van der Waals surface area contributed by atoms with Crippen molar-refractivity contribution in [3.8, 4) is 0 Å². The summed E-state index contributed by atoms with van der Waals surface area (Å²) in [6.07, 6.45) is 3.12. The number of ether oxygens (including phenoxy) is 1. The summed E-state index contributed by atoms with van der Waals surface area (Å²) in [6, 6.07) is 8.87. The lowest BCUT2D eigenvalue weighted by Crippen LogP contribution is -2.48. The van der Waals surface area contributed by atoms with E-state index in [9.17, 15) is 14.3 Å². The van der Waals surface area contributed by atoms with Gasteiger partial charge in [0.25, 0.3) is 5.91 Å². The van der Waals surface area contributed by atoms with Crippen LogP contribution in [0.1, 0.15) is 56.3 Å². The van der Waals surface area contributed by atoms with E-state index in [0.717, 1.165) is 0 Å². The number of rotatable bonds is 8. The van der Waals surface area contributed by atoms with Crippen molar-refractivity contribution in [2.24, 2.45) is 0 Å². The van der Waals surface area contributed by atoms with Crippen LogP contribution in [0.15, 0.2) is 48.9 Å². The molecule has 1 amide bonds. The Bertz CT molecular complexity index is 1280. The molecule has 1 aromatic carbocycles. The molecule has 0 spiro atoms. The average Bonchev–Trinajstić information content (AvgIpc) is 3.40. The number of carbonyl (C=O) groups is 1. The first-order valence-electron chi connectivity index (χ1n) is 12.3. The number of hydrogen-bond donors (Lipinski definition) is 2. The van der Waals surface area contributed by atoms with Gasteiger partial charge in [-0.2, -0.15) is 0 Å². The molecule has 1 aliphatic rings. The van der Waals surface area contributed by atoms with Gasteiger partial charge in [-0.05, 0) is 36.7 Å². The van der Waals surface area contributed by atoms with E-state index in [0.29, 0.717) is 29.1 Å². The Hall–Kier alpha value is -2.53. The molecule has 5 atom stereocenters. The number of nitrogens with one attached hydrogen (secondary N) is 1. The quantitative estimate of drug-likeness (QED) is 0.290. The molecule has 37 heavy (non-hydrogen) atoms. The van der Waals surface area contributed by atoms with E-state index in [-0.39, 0.29) is 10.9 Å². The van der Waals surface area contributed by atoms with Crippen LogP contribution in [-0.2, 0) is 18.3 Å². The standard InChI is InChI=1S/C25H33N4O6PSi/c1-7-18-20(34-36(31)32)21(35-37(5,6)25(2,3)4)19(33-18)17-15-27-23-22(26-13-14-29(17)23)28-24(30)16-11-9-8-10-12-16/h8-15,18-21H,7H2,1-6H3,(H-,26,28,30,31,32)/p+1/t18-,19+,20+,21?/m1/s1. The minimum atomic E-state index is -2.86. The first-order valence-corrected chi connectivity index (χ1v) is 16.3. The van der Waals surface area contributed by atoms with E-state index in [1.165, 1.54) is 0 Å².